The van der Waals surface area contributed by atoms with Crippen LogP contribution in [0.2, 0.25) is 0 Å². The van der Waals surface area contributed by atoms with E-state index in [1.807, 2.05) is 18.5 Å². The third-order valence-corrected chi connectivity index (χ3v) is 8.84. The van der Waals surface area contributed by atoms with Crippen LogP contribution in [-0.4, -0.2) is 21.0 Å². The first-order valence-electron chi connectivity index (χ1n) is 10.6. The zero-order valence-electron chi connectivity index (χ0n) is 16.5. The van der Waals surface area contributed by atoms with Crippen molar-refractivity contribution in [3.8, 4) is 0 Å². The van der Waals surface area contributed by atoms with E-state index < -0.39 is 11.2 Å². The predicted octanol–water partition coefficient (Wildman–Crippen LogP) is 4.72. The van der Waals surface area contributed by atoms with E-state index in [-0.39, 0.29) is 5.41 Å². The fraction of sp³-hybridized carbons (Fsp3) is 0.625. The highest BCUT2D eigenvalue weighted by atomic mass is 16.5. The van der Waals surface area contributed by atoms with Crippen molar-refractivity contribution in [2.45, 2.75) is 64.6 Å². The second-order valence-electron chi connectivity index (χ2n) is 9.77. The lowest BCUT2D eigenvalue weighted by atomic mass is 9.46. The first kappa shape index (κ1) is 17.6. The Bertz CT molecular complexity index is 811. The number of nitrogens with zero attached hydrogens (tertiary/aromatic N) is 1. The van der Waals surface area contributed by atoms with Crippen LogP contribution in [0.15, 0.2) is 42.3 Å². The summed E-state index contributed by atoms with van der Waals surface area (Å²) in [6.45, 7) is 4.58. The van der Waals surface area contributed by atoms with Gasteiger partial charge in [0.1, 0.15) is 0 Å². The van der Waals surface area contributed by atoms with Crippen molar-refractivity contribution >= 4 is 5.57 Å². The third-order valence-electron chi connectivity index (χ3n) is 8.84. The molecule has 27 heavy (non-hydrogen) atoms. The summed E-state index contributed by atoms with van der Waals surface area (Å²) in [5.74, 6) is -0.0853. The average Bonchev–Trinajstić information content (AvgIpc) is 3.00. The molecule has 5 rings (SSSR count). The summed E-state index contributed by atoms with van der Waals surface area (Å²) in [5.41, 5.74) is 3.72. The number of aliphatic hydroxyl groups is 2. The number of rotatable bonds is 1. The maximum Gasteiger partial charge on any atom is 0.172 e. The topological polar surface area (TPSA) is 53.4 Å². The Morgan fingerprint density at radius 3 is 2.70 bits per heavy atom. The lowest BCUT2D eigenvalue weighted by Gasteiger charge is -2.60. The molecule has 0 aliphatic heterocycles. The van der Waals surface area contributed by atoms with Crippen molar-refractivity contribution in [3.63, 3.8) is 0 Å². The van der Waals surface area contributed by atoms with Crippen molar-refractivity contribution < 1.29 is 10.2 Å². The van der Waals surface area contributed by atoms with Crippen LogP contribution in [-0.2, 0) is 0 Å². The average molecular weight is 366 g/mol. The Kier molecular flexibility index (Phi) is 3.77. The lowest BCUT2D eigenvalue weighted by Crippen LogP contribution is -2.59. The summed E-state index contributed by atoms with van der Waals surface area (Å²) in [6.07, 6.45) is 15.5. The van der Waals surface area contributed by atoms with Crippen molar-refractivity contribution in [1.29, 1.82) is 0 Å². The summed E-state index contributed by atoms with van der Waals surface area (Å²) in [7, 11) is 0. The molecule has 0 aromatic carbocycles. The number of fused-ring (bicyclic) bond motifs is 5. The van der Waals surface area contributed by atoms with Gasteiger partial charge in [-0.15, -0.1) is 0 Å². The molecule has 1 heterocycles. The molecule has 0 radical (unpaired) electrons. The molecule has 144 valence electrons. The van der Waals surface area contributed by atoms with Gasteiger partial charge in [0.15, 0.2) is 5.79 Å². The first-order chi connectivity index (χ1) is 12.9. The van der Waals surface area contributed by atoms with Crippen LogP contribution in [0.4, 0.5) is 0 Å². The molecule has 2 saturated carbocycles. The van der Waals surface area contributed by atoms with Gasteiger partial charge in [0.2, 0.25) is 0 Å². The Morgan fingerprint density at radius 2 is 1.93 bits per heavy atom. The van der Waals surface area contributed by atoms with Gasteiger partial charge in [0.05, 0.1) is 0 Å². The minimum Gasteiger partial charge on any atom is -0.365 e. The van der Waals surface area contributed by atoms with Crippen molar-refractivity contribution in [3.05, 3.63) is 47.8 Å². The van der Waals surface area contributed by atoms with E-state index in [0.717, 1.165) is 38.5 Å². The number of hydrogen-bond donors (Lipinski definition) is 2. The summed E-state index contributed by atoms with van der Waals surface area (Å²) in [4.78, 5) is 4.35. The van der Waals surface area contributed by atoms with Crippen LogP contribution >= 0.6 is 0 Å². The molecule has 3 nitrogen and oxygen atoms in total. The number of pyridine rings is 1. The van der Waals surface area contributed by atoms with Crippen LogP contribution in [0.5, 0.6) is 0 Å². The largest absolute Gasteiger partial charge is 0.365 e. The quantitative estimate of drug-likeness (QED) is 0.559. The normalized spacial score (nSPS) is 42.4. The molecule has 0 amide bonds. The number of allylic oxidation sites excluding steroid dienone is 3. The van der Waals surface area contributed by atoms with Gasteiger partial charge in [-0.05, 0) is 78.9 Å². The van der Waals surface area contributed by atoms with E-state index in [0.29, 0.717) is 24.2 Å². The van der Waals surface area contributed by atoms with Crippen LogP contribution < -0.4 is 0 Å². The highest BCUT2D eigenvalue weighted by Gasteiger charge is 2.62. The summed E-state index contributed by atoms with van der Waals surface area (Å²) < 4.78 is 0. The van der Waals surface area contributed by atoms with Gasteiger partial charge in [0.25, 0.3) is 0 Å². The molecule has 0 unspecified atom stereocenters. The van der Waals surface area contributed by atoms with E-state index in [1.54, 1.807) is 0 Å². The molecular formula is C24H31NO2. The van der Waals surface area contributed by atoms with Crippen LogP contribution in [0.3, 0.4) is 0 Å². The zero-order chi connectivity index (χ0) is 18.9. The maximum atomic E-state index is 11.0. The second kappa shape index (κ2) is 5.78. The standard InChI is InChI=1S/C24H31NO2/c1-22-13-11-21-18(8-7-17-6-3-12-24(26,27)23(17,21)2)20(22)10-9-19(22)16-5-4-14-25-15-16/h4-5,7,9,14-15,18,20-21,26-27H,3,6,8,10-13H2,1-2H3/t18-,20-,21-,22+,23-/m0/s1. The Morgan fingerprint density at radius 1 is 1.07 bits per heavy atom. The van der Waals surface area contributed by atoms with Gasteiger partial charge >= 0.3 is 0 Å². The summed E-state index contributed by atoms with van der Waals surface area (Å²) in [6, 6.07) is 4.22. The molecule has 0 saturated heterocycles. The lowest BCUT2D eigenvalue weighted by molar-refractivity contribution is -0.268. The summed E-state index contributed by atoms with van der Waals surface area (Å²) >= 11 is 0. The summed E-state index contributed by atoms with van der Waals surface area (Å²) in [5, 5.41) is 22.0. The molecule has 2 fully saturated rings. The molecule has 0 spiro atoms. The van der Waals surface area contributed by atoms with Crippen molar-refractivity contribution in [2.24, 2.45) is 28.6 Å². The van der Waals surface area contributed by atoms with Gasteiger partial charge in [-0.25, -0.2) is 0 Å². The minimum absolute atomic E-state index is 0.175. The zero-order valence-corrected chi connectivity index (χ0v) is 16.5. The van der Waals surface area contributed by atoms with Crippen LogP contribution in [0, 0.1) is 28.6 Å². The van der Waals surface area contributed by atoms with E-state index in [9.17, 15) is 10.2 Å². The van der Waals surface area contributed by atoms with E-state index >= 15 is 0 Å². The van der Waals surface area contributed by atoms with Crippen LogP contribution in [0.1, 0.15) is 64.4 Å². The monoisotopic (exact) mass is 365 g/mol. The third kappa shape index (κ3) is 2.25. The second-order valence-corrected chi connectivity index (χ2v) is 9.77. The molecule has 5 atom stereocenters. The predicted molar refractivity (Wildman–Crippen MR) is 106 cm³/mol. The molecule has 4 aliphatic rings. The molecule has 3 heteroatoms. The SMILES string of the molecule is C[C@]12C(=CC[C@@H]3[C@@H]1CC[C@]1(C)C(c4cccnc4)=CC[C@@H]31)CCCC2(O)O. The Labute approximate surface area is 162 Å². The van der Waals surface area contributed by atoms with Crippen molar-refractivity contribution in [1.82, 2.24) is 4.98 Å². The molecule has 4 aliphatic carbocycles. The fourth-order valence-electron chi connectivity index (χ4n) is 7.30. The highest BCUT2D eigenvalue weighted by molar-refractivity contribution is 5.72. The maximum absolute atomic E-state index is 11.0. The van der Waals surface area contributed by atoms with E-state index in [4.69, 9.17) is 0 Å². The Balaban J connectivity index is 1.52. The number of aromatic nitrogens is 1. The smallest absolute Gasteiger partial charge is 0.172 e. The minimum atomic E-state index is -1.56. The van der Waals surface area contributed by atoms with E-state index in [2.05, 4.69) is 37.0 Å². The van der Waals surface area contributed by atoms with Gasteiger partial charge in [-0.1, -0.05) is 37.6 Å². The number of hydrogen-bond acceptors (Lipinski definition) is 3. The molecular weight excluding hydrogens is 334 g/mol. The van der Waals surface area contributed by atoms with Gasteiger partial charge in [-0.3, -0.25) is 4.98 Å². The van der Waals surface area contributed by atoms with Gasteiger partial charge in [-0.2, -0.15) is 0 Å². The van der Waals surface area contributed by atoms with Crippen LogP contribution in [0.25, 0.3) is 5.57 Å². The van der Waals surface area contributed by atoms with Gasteiger partial charge in [0, 0.05) is 24.2 Å². The van der Waals surface area contributed by atoms with Crippen molar-refractivity contribution in [2.75, 3.05) is 0 Å². The molecule has 2 N–H and O–H groups in total. The molecule has 1 aromatic heterocycles. The highest BCUT2D eigenvalue weighted by Crippen LogP contribution is 2.67. The Hall–Kier alpha value is -1.45. The molecule has 1 aromatic rings. The fourth-order valence-corrected chi connectivity index (χ4v) is 7.30. The van der Waals surface area contributed by atoms with Gasteiger partial charge < -0.3 is 10.2 Å². The molecule has 0 bridgehead atoms. The first-order valence-corrected chi connectivity index (χ1v) is 10.6. The van der Waals surface area contributed by atoms with E-state index in [1.165, 1.54) is 16.7 Å².